The minimum Gasteiger partial charge on any atom is -0.394 e. The van der Waals surface area contributed by atoms with E-state index < -0.39 is 49.5 Å². The Morgan fingerprint density at radius 2 is 0.704 bits per heavy atom. The highest BCUT2D eigenvalue weighted by Crippen LogP contribution is 2.23. The lowest BCUT2D eigenvalue weighted by Crippen LogP contribution is -2.60. The highest BCUT2D eigenvalue weighted by molar-refractivity contribution is 5.76. The number of carbonyl (C=O) groups is 1. The number of allylic oxidation sites excluding steroid dienone is 7. The molecule has 0 aromatic heterocycles. The Hall–Kier alpha value is -1.85. The first-order valence-electron chi connectivity index (χ1n) is 35.4. The van der Waals surface area contributed by atoms with Crippen LogP contribution in [0.3, 0.4) is 0 Å². The number of rotatable bonds is 62. The number of hydrogen-bond acceptors (Lipinski definition) is 8. The molecule has 9 nitrogen and oxygen atoms in total. The fourth-order valence-electron chi connectivity index (χ4n) is 11.3. The van der Waals surface area contributed by atoms with E-state index in [0.29, 0.717) is 6.42 Å². The quantitative estimate of drug-likeness (QED) is 0.0261. The van der Waals surface area contributed by atoms with Crippen LogP contribution in [0.15, 0.2) is 48.6 Å². The van der Waals surface area contributed by atoms with Crippen LogP contribution in [0.1, 0.15) is 348 Å². The second-order valence-corrected chi connectivity index (χ2v) is 24.7. The molecule has 1 saturated heterocycles. The molecule has 1 aliphatic heterocycles. The molecule has 1 amide bonds. The third-order valence-corrected chi connectivity index (χ3v) is 16.9. The second-order valence-electron chi connectivity index (χ2n) is 24.7. The Balaban J connectivity index is 2.10. The molecular formula is C72H135NO8. The Morgan fingerprint density at radius 1 is 0.407 bits per heavy atom. The summed E-state index contributed by atoms with van der Waals surface area (Å²) in [5, 5.41) is 54.7. The Morgan fingerprint density at radius 3 is 1.04 bits per heavy atom. The molecule has 1 rings (SSSR count). The number of amides is 1. The number of ether oxygens (including phenoxy) is 2. The molecule has 0 saturated carbocycles. The summed E-state index contributed by atoms with van der Waals surface area (Å²) in [5.41, 5.74) is 0. The van der Waals surface area contributed by atoms with Crippen LogP contribution in [-0.4, -0.2) is 87.5 Å². The van der Waals surface area contributed by atoms with Crippen molar-refractivity contribution in [2.75, 3.05) is 13.2 Å². The van der Waals surface area contributed by atoms with E-state index in [1.807, 2.05) is 6.08 Å². The van der Waals surface area contributed by atoms with Crippen LogP contribution in [0.4, 0.5) is 0 Å². The van der Waals surface area contributed by atoms with Crippen LogP contribution in [0, 0.1) is 0 Å². The van der Waals surface area contributed by atoms with Crippen molar-refractivity contribution in [1.82, 2.24) is 5.32 Å². The summed E-state index contributed by atoms with van der Waals surface area (Å²) in [6.45, 7) is 3.80. The van der Waals surface area contributed by atoms with Gasteiger partial charge in [-0.15, -0.1) is 0 Å². The maximum atomic E-state index is 13.1. The van der Waals surface area contributed by atoms with Gasteiger partial charge in [0.25, 0.3) is 0 Å². The first-order valence-corrected chi connectivity index (χ1v) is 35.4. The van der Waals surface area contributed by atoms with Crippen molar-refractivity contribution in [1.29, 1.82) is 0 Å². The fourth-order valence-corrected chi connectivity index (χ4v) is 11.3. The van der Waals surface area contributed by atoms with E-state index >= 15 is 0 Å². The molecule has 0 radical (unpaired) electrons. The zero-order chi connectivity index (χ0) is 58.6. The molecule has 0 aromatic rings. The Labute approximate surface area is 501 Å². The minimum absolute atomic E-state index is 0.186. The molecule has 1 heterocycles. The van der Waals surface area contributed by atoms with Crippen molar-refractivity contribution in [2.45, 2.75) is 391 Å². The lowest BCUT2D eigenvalue weighted by molar-refractivity contribution is -0.302. The third kappa shape index (κ3) is 50.1. The van der Waals surface area contributed by atoms with Gasteiger partial charge in [-0.05, 0) is 70.6 Å². The third-order valence-electron chi connectivity index (χ3n) is 16.9. The molecule has 0 spiro atoms. The Bertz CT molecular complexity index is 1420. The average molecular weight is 1140 g/mol. The van der Waals surface area contributed by atoms with Gasteiger partial charge in [0.2, 0.25) is 5.91 Å². The lowest BCUT2D eigenvalue weighted by Gasteiger charge is -2.40. The van der Waals surface area contributed by atoms with Crippen LogP contribution in [0.25, 0.3) is 0 Å². The van der Waals surface area contributed by atoms with Crippen LogP contribution in [0.5, 0.6) is 0 Å². The lowest BCUT2D eigenvalue weighted by atomic mass is 9.99. The largest absolute Gasteiger partial charge is 0.394 e. The molecule has 0 aliphatic carbocycles. The summed E-state index contributed by atoms with van der Waals surface area (Å²) in [4.78, 5) is 13.1. The molecule has 1 fully saturated rings. The van der Waals surface area contributed by atoms with Crippen molar-refractivity contribution in [3.05, 3.63) is 48.6 Å². The molecule has 7 atom stereocenters. The number of aliphatic hydroxyl groups excluding tert-OH is 5. The smallest absolute Gasteiger partial charge is 0.220 e. The molecule has 476 valence electrons. The predicted octanol–water partition coefficient (Wildman–Crippen LogP) is 19.2. The van der Waals surface area contributed by atoms with Gasteiger partial charge in [-0.1, -0.05) is 319 Å². The summed E-state index contributed by atoms with van der Waals surface area (Å²) in [5.74, 6) is -0.186. The molecule has 7 unspecified atom stereocenters. The normalized spacial score (nSPS) is 18.6. The van der Waals surface area contributed by atoms with Gasteiger partial charge in [-0.25, -0.2) is 0 Å². The molecule has 81 heavy (non-hydrogen) atoms. The number of carbonyl (C=O) groups excluding carboxylic acids is 1. The highest BCUT2D eigenvalue weighted by atomic mass is 16.7. The van der Waals surface area contributed by atoms with Gasteiger partial charge in [0.1, 0.15) is 24.4 Å². The van der Waals surface area contributed by atoms with E-state index in [2.05, 4.69) is 55.6 Å². The topological polar surface area (TPSA) is 149 Å². The van der Waals surface area contributed by atoms with Crippen LogP contribution in [0.2, 0.25) is 0 Å². The summed E-state index contributed by atoms with van der Waals surface area (Å²) in [6.07, 6.45) is 76.6. The first-order chi connectivity index (χ1) is 39.8. The van der Waals surface area contributed by atoms with Crippen LogP contribution >= 0.6 is 0 Å². The van der Waals surface area contributed by atoms with Gasteiger partial charge >= 0.3 is 0 Å². The van der Waals surface area contributed by atoms with Crippen molar-refractivity contribution >= 4 is 5.91 Å². The van der Waals surface area contributed by atoms with Crippen LogP contribution in [-0.2, 0) is 14.3 Å². The maximum Gasteiger partial charge on any atom is 0.220 e. The predicted molar refractivity (Wildman–Crippen MR) is 346 cm³/mol. The summed E-state index contributed by atoms with van der Waals surface area (Å²) < 4.78 is 11.3. The van der Waals surface area contributed by atoms with Crippen molar-refractivity contribution in [2.24, 2.45) is 0 Å². The number of aliphatic hydroxyl groups is 5. The van der Waals surface area contributed by atoms with Gasteiger partial charge in [-0.3, -0.25) is 4.79 Å². The van der Waals surface area contributed by atoms with E-state index in [1.165, 1.54) is 283 Å². The fraction of sp³-hybridized carbons (Fsp3) is 0.875. The average Bonchev–Trinajstić information content (AvgIpc) is 3.50. The Kier molecular flexibility index (Phi) is 58.3. The number of nitrogens with one attached hydrogen (secondary N) is 1. The molecule has 0 bridgehead atoms. The van der Waals surface area contributed by atoms with Gasteiger partial charge in [-0.2, -0.15) is 0 Å². The van der Waals surface area contributed by atoms with E-state index in [-0.39, 0.29) is 12.5 Å². The van der Waals surface area contributed by atoms with E-state index in [4.69, 9.17) is 9.47 Å². The first kappa shape index (κ1) is 77.2. The van der Waals surface area contributed by atoms with Gasteiger partial charge in [0, 0.05) is 6.42 Å². The number of unbranched alkanes of at least 4 members (excludes halogenated alkanes) is 46. The maximum absolute atomic E-state index is 13.1. The molecule has 9 heteroatoms. The monoisotopic (exact) mass is 1140 g/mol. The summed E-state index contributed by atoms with van der Waals surface area (Å²) >= 11 is 0. The SMILES string of the molecule is CCCCCCCCCCCCC/C=C/CC/C=C/CC/C=C/C(O)C(COC1OC(CO)C(O)C(O)C1O)NC(=O)CCCCCCCCCCCCCCCCCCC/C=C\CCCCCCCCCCCCCCCCCC. The highest BCUT2D eigenvalue weighted by Gasteiger charge is 2.44. The number of hydrogen-bond donors (Lipinski definition) is 6. The molecular weight excluding hydrogens is 1010 g/mol. The summed E-state index contributed by atoms with van der Waals surface area (Å²) in [7, 11) is 0. The van der Waals surface area contributed by atoms with E-state index in [9.17, 15) is 30.3 Å². The summed E-state index contributed by atoms with van der Waals surface area (Å²) in [6, 6.07) is -0.829. The molecule has 1 aliphatic rings. The van der Waals surface area contributed by atoms with Crippen molar-refractivity contribution in [3.8, 4) is 0 Å². The zero-order valence-electron chi connectivity index (χ0n) is 53.3. The molecule has 0 aromatic carbocycles. The minimum atomic E-state index is -1.58. The van der Waals surface area contributed by atoms with Crippen LogP contribution < -0.4 is 5.32 Å². The van der Waals surface area contributed by atoms with E-state index in [0.717, 1.165) is 44.9 Å². The molecule has 6 N–H and O–H groups in total. The van der Waals surface area contributed by atoms with Crippen molar-refractivity contribution in [3.63, 3.8) is 0 Å². The second kappa shape index (κ2) is 61.2. The van der Waals surface area contributed by atoms with Gasteiger partial charge < -0.3 is 40.3 Å². The van der Waals surface area contributed by atoms with E-state index in [1.54, 1.807) is 6.08 Å². The van der Waals surface area contributed by atoms with Crippen molar-refractivity contribution < 1.29 is 39.8 Å². The van der Waals surface area contributed by atoms with Gasteiger partial charge in [0.15, 0.2) is 6.29 Å². The zero-order valence-corrected chi connectivity index (χ0v) is 53.3. The van der Waals surface area contributed by atoms with Gasteiger partial charge in [0.05, 0.1) is 25.4 Å². The standard InChI is InChI=1S/C72H135NO8/c1-3-5-7-9-11-13-15-17-19-21-23-25-26-27-28-29-30-31-32-33-34-35-36-37-38-39-40-42-44-46-48-50-52-54-56-58-60-62-68(76)73-65(64-80-72-71(79)70(78)69(77)67(63-74)81-72)66(75)61-59-57-55-53-51-49-47-45-43-41-24-22-20-18-16-14-12-10-8-6-4-2/h31-32,43,45,51,53,59,61,65-67,69-72,74-75,77-79H,3-30,33-42,44,46-50,52,54-58,60,62-64H2,1-2H3,(H,73,76)/b32-31-,45-43+,53-51+,61-59+.